The third kappa shape index (κ3) is 4.09. The monoisotopic (exact) mass is 309 g/mol. The number of ether oxygens (including phenoxy) is 2. The number of halogens is 2. The Morgan fingerprint density at radius 1 is 1.19 bits per heavy atom. The maximum atomic E-state index is 13.1. The molecule has 0 amide bonds. The highest BCUT2D eigenvalue weighted by Crippen LogP contribution is 2.37. The van der Waals surface area contributed by atoms with Crippen LogP contribution in [0.1, 0.15) is 11.1 Å². The van der Waals surface area contributed by atoms with E-state index in [1.165, 1.54) is 12.1 Å². The number of hydrogen-bond donors (Lipinski definition) is 1. The molecule has 0 heterocycles. The van der Waals surface area contributed by atoms with Gasteiger partial charge in [-0.2, -0.15) is 0 Å². The Labute approximate surface area is 128 Å². The molecule has 112 valence electrons. The summed E-state index contributed by atoms with van der Waals surface area (Å²) in [6.45, 7) is 0.743. The average Bonchev–Trinajstić information content (AvgIpc) is 2.46. The van der Waals surface area contributed by atoms with Crippen molar-refractivity contribution >= 4 is 11.6 Å². The molecule has 0 aromatic heterocycles. The molecule has 0 saturated carbocycles. The van der Waals surface area contributed by atoms with Crippen molar-refractivity contribution in [2.75, 3.05) is 13.7 Å². The Morgan fingerprint density at radius 2 is 2.00 bits per heavy atom. The van der Waals surface area contributed by atoms with Crippen molar-refractivity contribution in [3.8, 4) is 11.5 Å². The standard InChI is InChI=1S/C16H17ClFNO2/c1-20-15-9-11(5-6-19)8-14(17)16(15)21-10-12-3-2-4-13(18)7-12/h2-4,7-9H,5-6,10,19H2,1H3. The summed E-state index contributed by atoms with van der Waals surface area (Å²) in [6, 6.07) is 9.88. The van der Waals surface area contributed by atoms with Crippen LogP contribution in [0.5, 0.6) is 11.5 Å². The van der Waals surface area contributed by atoms with E-state index in [0.29, 0.717) is 29.5 Å². The molecule has 0 fully saturated rings. The van der Waals surface area contributed by atoms with Crippen molar-refractivity contribution in [1.29, 1.82) is 0 Å². The van der Waals surface area contributed by atoms with Crippen LogP contribution in [0.4, 0.5) is 4.39 Å². The molecular formula is C16H17ClFNO2. The van der Waals surface area contributed by atoms with Gasteiger partial charge in [-0.3, -0.25) is 0 Å². The van der Waals surface area contributed by atoms with Crippen molar-refractivity contribution in [3.05, 3.63) is 58.4 Å². The molecule has 0 aliphatic carbocycles. The van der Waals surface area contributed by atoms with Gasteiger partial charge in [-0.05, 0) is 48.4 Å². The molecule has 0 saturated heterocycles. The van der Waals surface area contributed by atoms with Gasteiger partial charge in [-0.25, -0.2) is 4.39 Å². The predicted molar refractivity (Wildman–Crippen MR) is 81.5 cm³/mol. The van der Waals surface area contributed by atoms with Crippen molar-refractivity contribution in [2.45, 2.75) is 13.0 Å². The van der Waals surface area contributed by atoms with Gasteiger partial charge in [0.1, 0.15) is 12.4 Å². The Bertz CT molecular complexity index is 619. The van der Waals surface area contributed by atoms with Gasteiger partial charge < -0.3 is 15.2 Å². The van der Waals surface area contributed by atoms with Crippen LogP contribution in [0.15, 0.2) is 36.4 Å². The smallest absolute Gasteiger partial charge is 0.180 e. The number of benzene rings is 2. The van der Waals surface area contributed by atoms with Gasteiger partial charge in [0.15, 0.2) is 11.5 Å². The van der Waals surface area contributed by atoms with Crippen LogP contribution in [-0.4, -0.2) is 13.7 Å². The van der Waals surface area contributed by atoms with Crippen molar-refractivity contribution in [3.63, 3.8) is 0 Å². The normalized spacial score (nSPS) is 10.5. The molecule has 2 aromatic rings. The highest BCUT2D eigenvalue weighted by Gasteiger charge is 2.12. The first-order valence-electron chi connectivity index (χ1n) is 6.57. The molecule has 5 heteroatoms. The fourth-order valence-electron chi connectivity index (χ4n) is 2.01. The summed E-state index contributed by atoms with van der Waals surface area (Å²) in [7, 11) is 1.55. The molecule has 0 aliphatic heterocycles. The van der Waals surface area contributed by atoms with E-state index in [1.54, 1.807) is 25.3 Å². The van der Waals surface area contributed by atoms with Gasteiger partial charge >= 0.3 is 0 Å². The summed E-state index contributed by atoms with van der Waals surface area (Å²) in [5.41, 5.74) is 7.24. The van der Waals surface area contributed by atoms with E-state index in [-0.39, 0.29) is 12.4 Å². The second-order valence-electron chi connectivity index (χ2n) is 4.57. The lowest BCUT2D eigenvalue weighted by Gasteiger charge is -2.14. The first-order chi connectivity index (χ1) is 10.1. The predicted octanol–water partition coefficient (Wildman–Crippen LogP) is 3.57. The second kappa shape index (κ2) is 7.29. The zero-order chi connectivity index (χ0) is 15.2. The fraction of sp³-hybridized carbons (Fsp3) is 0.250. The zero-order valence-corrected chi connectivity index (χ0v) is 12.5. The highest BCUT2D eigenvalue weighted by atomic mass is 35.5. The summed E-state index contributed by atoms with van der Waals surface area (Å²) in [5, 5.41) is 0.453. The largest absolute Gasteiger partial charge is 0.493 e. The maximum Gasteiger partial charge on any atom is 0.180 e. The van der Waals surface area contributed by atoms with E-state index < -0.39 is 0 Å². The first-order valence-corrected chi connectivity index (χ1v) is 6.95. The molecule has 2 rings (SSSR count). The summed E-state index contributed by atoms with van der Waals surface area (Å²) in [5.74, 6) is 0.694. The number of rotatable bonds is 6. The molecule has 0 atom stereocenters. The molecule has 0 aliphatic rings. The van der Waals surface area contributed by atoms with Gasteiger partial charge in [0.25, 0.3) is 0 Å². The van der Waals surface area contributed by atoms with Crippen LogP contribution < -0.4 is 15.2 Å². The lowest BCUT2D eigenvalue weighted by molar-refractivity contribution is 0.284. The molecule has 2 aromatic carbocycles. The van der Waals surface area contributed by atoms with Gasteiger partial charge in [-0.1, -0.05) is 23.7 Å². The molecular weight excluding hydrogens is 293 g/mol. The topological polar surface area (TPSA) is 44.5 Å². The lowest BCUT2D eigenvalue weighted by atomic mass is 10.1. The van der Waals surface area contributed by atoms with E-state index in [2.05, 4.69) is 0 Å². The Morgan fingerprint density at radius 3 is 2.67 bits per heavy atom. The third-order valence-corrected chi connectivity index (χ3v) is 3.28. The van der Waals surface area contributed by atoms with E-state index in [0.717, 1.165) is 11.1 Å². The zero-order valence-electron chi connectivity index (χ0n) is 11.7. The van der Waals surface area contributed by atoms with Crippen LogP contribution in [-0.2, 0) is 13.0 Å². The van der Waals surface area contributed by atoms with Crippen molar-refractivity contribution in [2.24, 2.45) is 5.73 Å². The fourth-order valence-corrected chi connectivity index (χ4v) is 2.29. The maximum absolute atomic E-state index is 13.1. The van der Waals surface area contributed by atoms with Gasteiger partial charge in [0.05, 0.1) is 12.1 Å². The van der Waals surface area contributed by atoms with Gasteiger partial charge in [0.2, 0.25) is 0 Å². The van der Waals surface area contributed by atoms with Gasteiger partial charge in [0, 0.05) is 0 Å². The third-order valence-electron chi connectivity index (χ3n) is 2.99. The van der Waals surface area contributed by atoms with E-state index in [1.807, 2.05) is 6.07 Å². The average molecular weight is 310 g/mol. The number of nitrogens with two attached hydrogens (primary N) is 1. The Balaban J connectivity index is 2.19. The second-order valence-corrected chi connectivity index (χ2v) is 4.97. The van der Waals surface area contributed by atoms with Crippen molar-refractivity contribution in [1.82, 2.24) is 0 Å². The quantitative estimate of drug-likeness (QED) is 0.887. The SMILES string of the molecule is COc1cc(CCN)cc(Cl)c1OCc1cccc(F)c1. The molecule has 0 radical (unpaired) electrons. The Kier molecular flexibility index (Phi) is 5.42. The van der Waals surface area contributed by atoms with Crippen LogP contribution >= 0.6 is 11.6 Å². The highest BCUT2D eigenvalue weighted by molar-refractivity contribution is 6.32. The van der Waals surface area contributed by atoms with E-state index in [9.17, 15) is 4.39 Å². The lowest BCUT2D eigenvalue weighted by Crippen LogP contribution is -2.04. The number of hydrogen-bond acceptors (Lipinski definition) is 3. The van der Waals surface area contributed by atoms with Crippen molar-refractivity contribution < 1.29 is 13.9 Å². The molecule has 0 unspecified atom stereocenters. The Hall–Kier alpha value is -1.78. The van der Waals surface area contributed by atoms with Crippen LogP contribution in [0, 0.1) is 5.82 Å². The van der Waals surface area contributed by atoms with Crippen LogP contribution in [0.3, 0.4) is 0 Å². The van der Waals surface area contributed by atoms with Crippen LogP contribution in [0.2, 0.25) is 5.02 Å². The number of methoxy groups -OCH3 is 1. The summed E-state index contributed by atoms with van der Waals surface area (Å²) in [6.07, 6.45) is 0.709. The summed E-state index contributed by atoms with van der Waals surface area (Å²) >= 11 is 6.23. The first kappa shape index (κ1) is 15.6. The van der Waals surface area contributed by atoms with Crippen LogP contribution in [0.25, 0.3) is 0 Å². The minimum absolute atomic E-state index is 0.212. The van der Waals surface area contributed by atoms with E-state index >= 15 is 0 Å². The molecule has 0 bridgehead atoms. The van der Waals surface area contributed by atoms with Gasteiger partial charge in [-0.15, -0.1) is 0 Å². The molecule has 3 nitrogen and oxygen atoms in total. The minimum Gasteiger partial charge on any atom is -0.493 e. The summed E-state index contributed by atoms with van der Waals surface area (Å²) < 4.78 is 24.1. The molecule has 2 N–H and O–H groups in total. The molecule has 0 spiro atoms. The molecule has 21 heavy (non-hydrogen) atoms. The van der Waals surface area contributed by atoms with E-state index in [4.69, 9.17) is 26.8 Å². The summed E-state index contributed by atoms with van der Waals surface area (Å²) in [4.78, 5) is 0. The minimum atomic E-state index is -0.299.